The van der Waals surface area contributed by atoms with Crippen molar-refractivity contribution in [1.29, 1.82) is 0 Å². The Bertz CT molecular complexity index is 893. The van der Waals surface area contributed by atoms with E-state index in [-0.39, 0.29) is 23.7 Å². The molecule has 0 aliphatic heterocycles. The molecule has 0 bridgehead atoms. The van der Waals surface area contributed by atoms with Crippen molar-refractivity contribution in [2.75, 3.05) is 13.2 Å². The highest BCUT2D eigenvalue weighted by Crippen LogP contribution is 2.34. The SMILES string of the molecule is O=C(NCCCOc1ccc2[nH]c(=O)ccc2c1)N(C1CC1)[C@@H]1CCC[C@H]1O. The maximum absolute atomic E-state index is 12.6. The number of nitrogens with one attached hydrogen (secondary N) is 2. The fraction of sp³-hybridized carbons (Fsp3) is 0.524. The van der Waals surface area contributed by atoms with E-state index in [9.17, 15) is 14.7 Å². The van der Waals surface area contributed by atoms with Gasteiger partial charge in [-0.2, -0.15) is 0 Å². The first-order valence-corrected chi connectivity index (χ1v) is 10.1. The molecule has 0 saturated heterocycles. The van der Waals surface area contributed by atoms with Gasteiger partial charge in [-0.05, 0) is 62.8 Å². The molecule has 2 saturated carbocycles. The van der Waals surface area contributed by atoms with Crippen LogP contribution in [0.5, 0.6) is 5.75 Å². The van der Waals surface area contributed by atoms with E-state index in [4.69, 9.17) is 4.74 Å². The summed E-state index contributed by atoms with van der Waals surface area (Å²) in [6.07, 6.45) is 5.03. The molecule has 0 radical (unpaired) electrons. The van der Waals surface area contributed by atoms with E-state index >= 15 is 0 Å². The summed E-state index contributed by atoms with van der Waals surface area (Å²) in [5.74, 6) is 0.736. The Hall–Kier alpha value is -2.54. The number of urea groups is 1. The van der Waals surface area contributed by atoms with Crippen molar-refractivity contribution in [3.63, 3.8) is 0 Å². The summed E-state index contributed by atoms with van der Waals surface area (Å²) in [7, 11) is 0. The predicted molar refractivity (Wildman–Crippen MR) is 107 cm³/mol. The van der Waals surface area contributed by atoms with Crippen molar-refractivity contribution in [2.45, 2.75) is 56.7 Å². The number of fused-ring (bicyclic) bond motifs is 1. The lowest BCUT2D eigenvalue weighted by Gasteiger charge is -2.31. The smallest absolute Gasteiger partial charge is 0.317 e. The van der Waals surface area contributed by atoms with Crippen LogP contribution in [0.25, 0.3) is 10.9 Å². The number of aliphatic hydroxyl groups is 1. The molecule has 4 rings (SSSR count). The van der Waals surface area contributed by atoms with E-state index < -0.39 is 6.10 Å². The molecule has 7 nitrogen and oxygen atoms in total. The highest BCUT2D eigenvalue weighted by atomic mass is 16.5. The van der Waals surface area contributed by atoms with Crippen LogP contribution in [0.4, 0.5) is 4.79 Å². The highest BCUT2D eigenvalue weighted by Gasteiger charge is 2.41. The highest BCUT2D eigenvalue weighted by molar-refractivity contribution is 5.79. The average Bonchev–Trinajstić information content (AvgIpc) is 3.43. The summed E-state index contributed by atoms with van der Waals surface area (Å²) in [5, 5.41) is 14.0. The van der Waals surface area contributed by atoms with Crippen molar-refractivity contribution < 1.29 is 14.6 Å². The molecule has 1 aromatic carbocycles. The quantitative estimate of drug-likeness (QED) is 0.638. The second-order valence-corrected chi connectivity index (χ2v) is 7.71. The van der Waals surface area contributed by atoms with Gasteiger partial charge in [0.25, 0.3) is 0 Å². The molecule has 2 amide bonds. The van der Waals surface area contributed by atoms with Gasteiger partial charge in [0.05, 0.1) is 18.8 Å². The zero-order valence-electron chi connectivity index (χ0n) is 15.9. The molecule has 2 fully saturated rings. The Balaban J connectivity index is 1.23. The monoisotopic (exact) mass is 385 g/mol. The number of H-pyrrole nitrogens is 1. The molecule has 2 aliphatic rings. The second kappa shape index (κ2) is 8.22. The van der Waals surface area contributed by atoms with Gasteiger partial charge in [-0.1, -0.05) is 0 Å². The third kappa shape index (κ3) is 4.30. The van der Waals surface area contributed by atoms with Crippen LogP contribution in [-0.2, 0) is 0 Å². The van der Waals surface area contributed by atoms with E-state index in [0.717, 1.165) is 48.8 Å². The Morgan fingerprint density at radius 3 is 2.82 bits per heavy atom. The van der Waals surface area contributed by atoms with Gasteiger partial charge < -0.3 is 25.0 Å². The zero-order chi connectivity index (χ0) is 19.5. The third-order valence-corrected chi connectivity index (χ3v) is 5.54. The number of aromatic amines is 1. The van der Waals surface area contributed by atoms with Crippen molar-refractivity contribution in [3.05, 3.63) is 40.7 Å². The molecule has 2 atom stereocenters. The summed E-state index contributed by atoms with van der Waals surface area (Å²) in [6.45, 7) is 1.02. The van der Waals surface area contributed by atoms with Crippen molar-refractivity contribution in [1.82, 2.24) is 15.2 Å². The normalized spacial score (nSPS) is 21.6. The third-order valence-electron chi connectivity index (χ3n) is 5.54. The first-order chi connectivity index (χ1) is 13.6. The number of benzene rings is 1. The fourth-order valence-corrected chi connectivity index (χ4v) is 3.96. The minimum atomic E-state index is -0.391. The van der Waals surface area contributed by atoms with Crippen molar-refractivity contribution in [2.24, 2.45) is 0 Å². The molecule has 7 heteroatoms. The number of carbonyl (C=O) groups excluding carboxylic acids is 1. The summed E-state index contributed by atoms with van der Waals surface area (Å²) >= 11 is 0. The summed E-state index contributed by atoms with van der Waals surface area (Å²) < 4.78 is 5.77. The van der Waals surface area contributed by atoms with Crippen LogP contribution < -0.4 is 15.6 Å². The van der Waals surface area contributed by atoms with Crippen LogP contribution in [0.15, 0.2) is 35.1 Å². The van der Waals surface area contributed by atoms with E-state index in [0.29, 0.717) is 19.6 Å². The topological polar surface area (TPSA) is 94.7 Å². The van der Waals surface area contributed by atoms with Gasteiger partial charge >= 0.3 is 6.03 Å². The Kier molecular flexibility index (Phi) is 5.52. The number of aliphatic hydroxyl groups excluding tert-OH is 1. The Morgan fingerprint density at radius 2 is 2.07 bits per heavy atom. The summed E-state index contributed by atoms with van der Waals surface area (Å²) in [6, 6.07) is 9.00. The number of ether oxygens (including phenoxy) is 1. The molecule has 0 spiro atoms. The number of pyridine rings is 1. The minimum absolute atomic E-state index is 0.0345. The van der Waals surface area contributed by atoms with Gasteiger partial charge in [0.1, 0.15) is 5.75 Å². The Morgan fingerprint density at radius 1 is 1.21 bits per heavy atom. The number of nitrogens with zero attached hydrogens (tertiary/aromatic N) is 1. The molecule has 150 valence electrons. The number of aromatic nitrogens is 1. The number of amides is 2. The average molecular weight is 385 g/mol. The molecule has 28 heavy (non-hydrogen) atoms. The molecule has 0 unspecified atom stereocenters. The molecule has 2 aromatic rings. The number of rotatable bonds is 7. The molecular weight excluding hydrogens is 358 g/mol. The van der Waals surface area contributed by atoms with E-state index in [2.05, 4.69) is 10.3 Å². The first kappa shape index (κ1) is 18.8. The van der Waals surface area contributed by atoms with Gasteiger partial charge in [0, 0.05) is 29.6 Å². The largest absolute Gasteiger partial charge is 0.494 e. The maximum Gasteiger partial charge on any atom is 0.317 e. The van der Waals surface area contributed by atoms with Crippen LogP contribution in [0.1, 0.15) is 38.5 Å². The Labute approximate surface area is 163 Å². The number of hydrogen-bond donors (Lipinski definition) is 3. The number of carbonyl (C=O) groups is 1. The van der Waals surface area contributed by atoms with Crippen molar-refractivity contribution >= 4 is 16.9 Å². The van der Waals surface area contributed by atoms with Gasteiger partial charge in [0.2, 0.25) is 5.56 Å². The van der Waals surface area contributed by atoms with Gasteiger partial charge in [0.15, 0.2) is 0 Å². The standard InChI is InChI=1S/C21H27N3O4/c25-19-4-1-3-18(19)24(15-6-7-15)21(27)22-11-2-12-28-16-8-9-17-14(13-16)5-10-20(26)23-17/h5,8-10,13,15,18-19,25H,1-4,6-7,11-12H2,(H,22,27)(H,23,26)/t18-,19-/m1/s1. The fourth-order valence-electron chi connectivity index (χ4n) is 3.96. The summed E-state index contributed by atoms with van der Waals surface area (Å²) in [5.41, 5.74) is 0.656. The van der Waals surface area contributed by atoms with Crippen LogP contribution in [0.3, 0.4) is 0 Å². The van der Waals surface area contributed by atoms with Crippen LogP contribution in [-0.4, -0.2) is 52.4 Å². The van der Waals surface area contributed by atoms with E-state index in [1.165, 1.54) is 6.07 Å². The van der Waals surface area contributed by atoms with Gasteiger partial charge in [-0.15, -0.1) is 0 Å². The lowest BCUT2D eigenvalue weighted by Crippen LogP contribution is -2.50. The van der Waals surface area contributed by atoms with Crippen molar-refractivity contribution in [3.8, 4) is 5.75 Å². The first-order valence-electron chi connectivity index (χ1n) is 10.1. The van der Waals surface area contributed by atoms with Gasteiger partial charge in [-0.25, -0.2) is 4.79 Å². The van der Waals surface area contributed by atoms with Crippen LogP contribution >= 0.6 is 0 Å². The maximum atomic E-state index is 12.6. The molecule has 2 aliphatic carbocycles. The second-order valence-electron chi connectivity index (χ2n) is 7.71. The molecule has 3 N–H and O–H groups in total. The predicted octanol–water partition coefficient (Wildman–Crippen LogP) is 2.38. The van der Waals surface area contributed by atoms with E-state index in [1.807, 2.05) is 23.1 Å². The van der Waals surface area contributed by atoms with Gasteiger partial charge in [-0.3, -0.25) is 4.79 Å². The summed E-state index contributed by atoms with van der Waals surface area (Å²) in [4.78, 5) is 28.6. The lowest BCUT2D eigenvalue weighted by atomic mass is 10.2. The number of hydrogen-bond acceptors (Lipinski definition) is 4. The van der Waals surface area contributed by atoms with E-state index in [1.54, 1.807) is 6.07 Å². The molecular formula is C21H27N3O4. The molecule has 1 aromatic heterocycles. The molecule has 1 heterocycles. The minimum Gasteiger partial charge on any atom is -0.494 e. The van der Waals surface area contributed by atoms with Crippen LogP contribution in [0, 0.1) is 0 Å². The zero-order valence-corrected chi connectivity index (χ0v) is 15.9. The lowest BCUT2D eigenvalue weighted by molar-refractivity contribution is 0.0821. The van der Waals surface area contributed by atoms with Crippen LogP contribution in [0.2, 0.25) is 0 Å².